The third-order valence-corrected chi connectivity index (χ3v) is 3.30. The summed E-state index contributed by atoms with van der Waals surface area (Å²) in [5, 5.41) is 0. The van der Waals surface area contributed by atoms with Crippen LogP contribution in [0.3, 0.4) is 0 Å². The minimum atomic E-state index is 0.583. The predicted molar refractivity (Wildman–Crippen MR) is 83.5 cm³/mol. The fraction of sp³-hybridized carbons (Fsp3) is 0.529. The average molecular weight is 271 g/mol. The molecule has 0 fully saturated rings. The number of hydrogen-bond donors (Lipinski definition) is 0. The Kier molecular flexibility index (Phi) is 4.58. The van der Waals surface area contributed by atoms with E-state index in [-0.39, 0.29) is 0 Å². The van der Waals surface area contributed by atoms with Crippen LogP contribution in [0.25, 0.3) is 11.4 Å². The second-order valence-corrected chi connectivity index (χ2v) is 6.36. The first-order chi connectivity index (χ1) is 9.47. The summed E-state index contributed by atoms with van der Waals surface area (Å²) >= 11 is 0. The Labute approximate surface area is 122 Å². The normalized spacial score (nSPS) is 11.6. The molecule has 2 aromatic rings. The lowest BCUT2D eigenvalue weighted by molar-refractivity contribution is 0.618. The summed E-state index contributed by atoms with van der Waals surface area (Å²) in [7, 11) is 2.06. The van der Waals surface area contributed by atoms with Crippen molar-refractivity contribution >= 4 is 0 Å². The first kappa shape index (κ1) is 14.8. The minimum Gasteiger partial charge on any atom is -0.349 e. The zero-order valence-electron chi connectivity index (χ0n) is 13.2. The molecular formula is C17H25N3. The highest BCUT2D eigenvalue weighted by atomic mass is 15.0. The monoisotopic (exact) mass is 271 g/mol. The Morgan fingerprint density at radius 2 is 1.80 bits per heavy atom. The van der Waals surface area contributed by atoms with Gasteiger partial charge in [-0.05, 0) is 36.8 Å². The number of rotatable bonds is 5. The molecule has 2 aromatic heterocycles. The van der Waals surface area contributed by atoms with Crippen molar-refractivity contribution in [3.63, 3.8) is 0 Å². The van der Waals surface area contributed by atoms with Gasteiger partial charge in [0.15, 0.2) is 0 Å². The van der Waals surface area contributed by atoms with Crippen LogP contribution in [-0.2, 0) is 19.9 Å². The zero-order valence-corrected chi connectivity index (χ0v) is 13.2. The molecule has 0 aliphatic heterocycles. The van der Waals surface area contributed by atoms with Crippen molar-refractivity contribution in [2.45, 2.75) is 40.5 Å². The fourth-order valence-corrected chi connectivity index (χ4v) is 2.42. The van der Waals surface area contributed by atoms with E-state index >= 15 is 0 Å². The highest BCUT2D eigenvalue weighted by molar-refractivity contribution is 5.58. The van der Waals surface area contributed by atoms with Crippen LogP contribution in [-0.4, -0.2) is 14.5 Å². The predicted octanol–water partition coefficient (Wildman–Crippen LogP) is 3.88. The molecule has 3 nitrogen and oxygen atoms in total. The van der Waals surface area contributed by atoms with E-state index in [1.165, 1.54) is 0 Å². The fourth-order valence-electron chi connectivity index (χ4n) is 2.42. The van der Waals surface area contributed by atoms with E-state index in [2.05, 4.69) is 57.6 Å². The molecule has 2 heterocycles. The quantitative estimate of drug-likeness (QED) is 0.826. The van der Waals surface area contributed by atoms with E-state index in [4.69, 9.17) is 9.97 Å². The standard InChI is InChI=1S/C17H25N3/c1-12(2)9-14-11-18-15(10-13(3)4)17(19-14)16-7-6-8-20(16)5/h6-8,11-13H,9-10H2,1-5H3. The van der Waals surface area contributed by atoms with Crippen molar-refractivity contribution in [1.82, 2.24) is 14.5 Å². The van der Waals surface area contributed by atoms with Crippen molar-refractivity contribution in [1.29, 1.82) is 0 Å². The molecule has 0 radical (unpaired) electrons. The lowest BCUT2D eigenvalue weighted by Gasteiger charge is -2.13. The molecular weight excluding hydrogens is 246 g/mol. The molecule has 3 heteroatoms. The van der Waals surface area contributed by atoms with Gasteiger partial charge in [-0.25, -0.2) is 4.98 Å². The lowest BCUT2D eigenvalue weighted by atomic mass is 10.0. The van der Waals surface area contributed by atoms with Crippen LogP contribution >= 0.6 is 0 Å². The Bertz CT molecular complexity index is 567. The van der Waals surface area contributed by atoms with Gasteiger partial charge >= 0.3 is 0 Å². The third kappa shape index (κ3) is 3.47. The van der Waals surface area contributed by atoms with Crippen LogP contribution in [0, 0.1) is 11.8 Å². The molecule has 0 atom stereocenters. The average Bonchev–Trinajstić information content (AvgIpc) is 2.76. The second-order valence-electron chi connectivity index (χ2n) is 6.36. The summed E-state index contributed by atoms with van der Waals surface area (Å²) in [5.74, 6) is 1.18. The van der Waals surface area contributed by atoms with Gasteiger partial charge in [-0.3, -0.25) is 4.98 Å². The van der Waals surface area contributed by atoms with Gasteiger partial charge in [0.25, 0.3) is 0 Å². The summed E-state index contributed by atoms with van der Waals surface area (Å²) in [4.78, 5) is 9.58. The highest BCUT2D eigenvalue weighted by Crippen LogP contribution is 2.23. The van der Waals surface area contributed by atoms with E-state index in [0.29, 0.717) is 11.8 Å². The van der Waals surface area contributed by atoms with Crippen LogP contribution < -0.4 is 0 Å². The molecule has 0 saturated heterocycles. The van der Waals surface area contributed by atoms with Gasteiger partial charge in [0, 0.05) is 19.4 Å². The van der Waals surface area contributed by atoms with Gasteiger partial charge in [-0.1, -0.05) is 27.7 Å². The van der Waals surface area contributed by atoms with Gasteiger partial charge in [0.1, 0.15) is 5.69 Å². The first-order valence-corrected chi connectivity index (χ1v) is 7.44. The molecule has 0 spiro atoms. The lowest BCUT2D eigenvalue weighted by Crippen LogP contribution is -2.08. The Morgan fingerprint density at radius 3 is 2.35 bits per heavy atom. The maximum Gasteiger partial charge on any atom is 0.108 e. The number of aromatic nitrogens is 3. The molecule has 20 heavy (non-hydrogen) atoms. The topological polar surface area (TPSA) is 30.7 Å². The van der Waals surface area contributed by atoms with Crippen molar-refractivity contribution in [2.75, 3.05) is 0 Å². The molecule has 108 valence electrons. The van der Waals surface area contributed by atoms with Gasteiger partial charge in [0.2, 0.25) is 0 Å². The first-order valence-electron chi connectivity index (χ1n) is 7.44. The molecule has 0 amide bonds. The molecule has 0 aromatic carbocycles. The minimum absolute atomic E-state index is 0.583. The van der Waals surface area contributed by atoms with E-state index < -0.39 is 0 Å². The second kappa shape index (κ2) is 6.21. The number of aryl methyl sites for hydroxylation is 1. The van der Waals surface area contributed by atoms with Gasteiger partial charge < -0.3 is 4.57 Å². The van der Waals surface area contributed by atoms with Crippen LogP contribution in [0.15, 0.2) is 24.5 Å². The van der Waals surface area contributed by atoms with Crippen molar-refractivity contribution < 1.29 is 0 Å². The van der Waals surface area contributed by atoms with Gasteiger partial charge in [-0.15, -0.1) is 0 Å². The summed E-state index contributed by atoms with van der Waals surface area (Å²) in [6.07, 6.45) is 5.96. The summed E-state index contributed by atoms with van der Waals surface area (Å²) in [6, 6.07) is 4.18. The van der Waals surface area contributed by atoms with E-state index in [1.807, 2.05) is 6.20 Å². The van der Waals surface area contributed by atoms with Crippen molar-refractivity contribution in [3.8, 4) is 11.4 Å². The number of nitrogens with zero attached hydrogens (tertiary/aromatic N) is 3. The Hall–Kier alpha value is -1.64. The van der Waals surface area contributed by atoms with Crippen LogP contribution in [0.5, 0.6) is 0 Å². The number of hydrogen-bond acceptors (Lipinski definition) is 2. The van der Waals surface area contributed by atoms with E-state index in [1.54, 1.807) is 0 Å². The molecule has 0 bridgehead atoms. The molecule has 0 aliphatic rings. The zero-order chi connectivity index (χ0) is 14.7. The largest absolute Gasteiger partial charge is 0.349 e. The van der Waals surface area contributed by atoms with Crippen molar-refractivity contribution in [2.24, 2.45) is 18.9 Å². The van der Waals surface area contributed by atoms with Crippen molar-refractivity contribution in [3.05, 3.63) is 35.9 Å². The summed E-state index contributed by atoms with van der Waals surface area (Å²) in [6.45, 7) is 8.87. The summed E-state index contributed by atoms with van der Waals surface area (Å²) < 4.78 is 2.12. The smallest absolute Gasteiger partial charge is 0.108 e. The maximum absolute atomic E-state index is 4.89. The molecule has 0 saturated carbocycles. The Morgan fingerprint density at radius 1 is 1.10 bits per heavy atom. The molecule has 0 N–H and O–H groups in total. The maximum atomic E-state index is 4.89. The molecule has 2 rings (SSSR count). The Balaban J connectivity index is 2.45. The van der Waals surface area contributed by atoms with Crippen LogP contribution in [0.2, 0.25) is 0 Å². The van der Waals surface area contributed by atoms with E-state index in [9.17, 15) is 0 Å². The molecule has 0 unspecified atom stereocenters. The SMILES string of the molecule is CC(C)Cc1cnc(CC(C)C)c(-c2cccn2C)n1. The van der Waals surface area contributed by atoms with Crippen LogP contribution in [0.1, 0.15) is 39.1 Å². The highest BCUT2D eigenvalue weighted by Gasteiger charge is 2.14. The summed E-state index contributed by atoms with van der Waals surface area (Å²) in [5.41, 5.74) is 4.39. The molecule has 0 aliphatic carbocycles. The van der Waals surface area contributed by atoms with E-state index in [0.717, 1.165) is 35.6 Å². The van der Waals surface area contributed by atoms with Crippen LogP contribution in [0.4, 0.5) is 0 Å². The third-order valence-electron chi connectivity index (χ3n) is 3.30. The van der Waals surface area contributed by atoms with Gasteiger partial charge in [-0.2, -0.15) is 0 Å². The van der Waals surface area contributed by atoms with Gasteiger partial charge in [0.05, 0.1) is 17.1 Å².